The Hall–Kier alpha value is -2.88. The van der Waals surface area contributed by atoms with Gasteiger partial charge in [0.2, 0.25) is 0 Å². The molecule has 0 aromatic heterocycles. The van der Waals surface area contributed by atoms with Crippen LogP contribution in [0.1, 0.15) is 84.0 Å². The molecule has 0 spiro atoms. The fourth-order valence-electron chi connectivity index (χ4n) is 5.16. The molecule has 2 aliphatic rings. The summed E-state index contributed by atoms with van der Waals surface area (Å²) < 4.78 is 12.7. The van der Waals surface area contributed by atoms with Gasteiger partial charge in [0.15, 0.2) is 11.6 Å². The van der Waals surface area contributed by atoms with E-state index >= 15 is 0 Å². The number of hydrogen-bond donors (Lipinski definition) is 0. The molecule has 0 bridgehead atoms. The fourth-order valence-corrected chi connectivity index (χ4v) is 5.16. The van der Waals surface area contributed by atoms with Gasteiger partial charge in [0.25, 0.3) is 0 Å². The summed E-state index contributed by atoms with van der Waals surface area (Å²) in [7, 11) is 1.64. The summed E-state index contributed by atoms with van der Waals surface area (Å²) in [5.74, 6) is 0.600. The number of fused-ring (bicyclic) bond motifs is 1. The van der Waals surface area contributed by atoms with Crippen LogP contribution in [-0.4, -0.2) is 24.3 Å². The third kappa shape index (κ3) is 4.55. The summed E-state index contributed by atoms with van der Waals surface area (Å²) in [6, 6.07) is 9.02. The lowest BCUT2D eigenvalue weighted by atomic mass is 9.63. The third-order valence-corrected chi connectivity index (χ3v) is 6.76. The second-order valence-electron chi connectivity index (χ2n) is 10.0. The quantitative estimate of drug-likeness (QED) is 0.301. The minimum absolute atomic E-state index is 0.165. The van der Waals surface area contributed by atoms with Crippen molar-refractivity contribution in [2.24, 2.45) is 5.41 Å². The van der Waals surface area contributed by atoms with Crippen molar-refractivity contribution >= 4 is 11.6 Å². The van der Waals surface area contributed by atoms with Gasteiger partial charge < -0.3 is 9.47 Å². The van der Waals surface area contributed by atoms with Crippen LogP contribution in [0.15, 0.2) is 76.3 Å². The van der Waals surface area contributed by atoms with Crippen molar-refractivity contribution < 1.29 is 19.1 Å². The number of allylic oxidation sites excluding steroid dienone is 5. The highest BCUT2D eigenvalue weighted by atomic mass is 16.5. The van der Waals surface area contributed by atoms with Crippen LogP contribution >= 0.6 is 0 Å². The standard InChI is InChI=1S/C30H38O4/c1-8-13-23-26(32)24(25(31)21-14-11-10-12-15-21)28-30(18-9-2,27(23)33-7)19-22(17-16-20(3)4)29(5,6)34-28/h10-12,14-17H,8-9,13,18-19H2,1-7H3/b22-17+/t30-/m0/s1. The number of hydrogen-bond acceptors (Lipinski definition) is 4. The predicted molar refractivity (Wildman–Crippen MR) is 136 cm³/mol. The monoisotopic (exact) mass is 462 g/mol. The molecule has 4 nitrogen and oxygen atoms in total. The van der Waals surface area contributed by atoms with Crippen molar-refractivity contribution in [1.82, 2.24) is 0 Å². The third-order valence-electron chi connectivity index (χ3n) is 6.76. The molecule has 0 radical (unpaired) electrons. The molecule has 3 rings (SSSR count). The van der Waals surface area contributed by atoms with Crippen LogP contribution in [0.25, 0.3) is 0 Å². The molecule has 1 fully saturated rings. The van der Waals surface area contributed by atoms with Gasteiger partial charge in [0.1, 0.15) is 22.7 Å². The summed E-state index contributed by atoms with van der Waals surface area (Å²) in [6.45, 7) is 12.3. The van der Waals surface area contributed by atoms with Gasteiger partial charge in [0, 0.05) is 11.1 Å². The Morgan fingerprint density at radius 1 is 1.12 bits per heavy atom. The number of methoxy groups -OCH3 is 1. The first-order valence-electron chi connectivity index (χ1n) is 12.3. The van der Waals surface area contributed by atoms with Crippen LogP contribution in [0.2, 0.25) is 0 Å². The molecule has 1 atom stereocenters. The van der Waals surface area contributed by atoms with E-state index in [-0.39, 0.29) is 17.1 Å². The van der Waals surface area contributed by atoms with Crippen LogP contribution in [0.5, 0.6) is 0 Å². The topological polar surface area (TPSA) is 52.6 Å². The molecule has 0 N–H and O–H groups in total. The number of carbonyl (C=O) groups is 2. The average molecular weight is 463 g/mol. The smallest absolute Gasteiger partial charge is 0.200 e. The molecule has 4 heteroatoms. The molecular weight excluding hydrogens is 424 g/mol. The first kappa shape index (κ1) is 25.7. The van der Waals surface area contributed by atoms with E-state index in [4.69, 9.17) is 9.47 Å². The van der Waals surface area contributed by atoms with E-state index in [1.807, 2.05) is 39.0 Å². The van der Waals surface area contributed by atoms with Crippen LogP contribution in [0.3, 0.4) is 0 Å². The SMILES string of the molecule is CCCC1=C(OC)[C@]2(CCC)C/C(=C\C=C(C)C)C(C)(C)OC2=C(C(=O)c2ccccc2)C1=O. The van der Waals surface area contributed by atoms with Crippen molar-refractivity contribution in [3.8, 4) is 0 Å². The Labute approximate surface area is 204 Å². The zero-order chi connectivity index (χ0) is 25.1. The highest BCUT2D eigenvalue weighted by Crippen LogP contribution is 2.58. The molecule has 1 aromatic rings. The maximum Gasteiger partial charge on any atom is 0.200 e. The molecule has 0 unspecified atom stereocenters. The van der Waals surface area contributed by atoms with E-state index in [0.717, 1.165) is 24.8 Å². The maximum atomic E-state index is 13.9. The minimum atomic E-state index is -0.682. The van der Waals surface area contributed by atoms with Crippen molar-refractivity contribution in [2.45, 2.75) is 79.2 Å². The van der Waals surface area contributed by atoms with Crippen molar-refractivity contribution in [3.63, 3.8) is 0 Å². The van der Waals surface area contributed by atoms with Crippen LogP contribution in [0, 0.1) is 5.41 Å². The van der Waals surface area contributed by atoms with Gasteiger partial charge in [-0.3, -0.25) is 9.59 Å². The molecule has 182 valence electrons. The Balaban J connectivity index is 2.36. The Bertz CT molecular complexity index is 1080. The van der Waals surface area contributed by atoms with Crippen LogP contribution in [-0.2, 0) is 14.3 Å². The summed E-state index contributed by atoms with van der Waals surface area (Å²) >= 11 is 0. The Morgan fingerprint density at radius 3 is 2.35 bits per heavy atom. The number of ether oxygens (including phenoxy) is 2. The largest absolute Gasteiger partial charge is 0.500 e. The lowest BCUT2D eigenvalue weighted by Gasteiger charge is -2.50. The zero-order valence-electron chi connectivity index (χ0n) is 21.7. The number of ketones is 2. The summed E-state index contributed by atoms with van der Waals surface area (Å²) in [4.78, 5) is 27.7. The van der Waals surface area contributed by atoms with Gasteiger partial charge in [-0.1, -0.05) is 74.7 Å². The van der Waals surface area contributed by atoms with Gasteiger partial charge in [-0.15, -0.1) is 0 Å². The number of carbonyl (C=O) groups excluding carboxylic acids is 2. The van der Waals surface area contributed by atoms with Crippen molar-refractivity contribution in [3.05, 3.63) is 81.9 Å². The molecule has 1 aliphatic carbocycles. The van der Waals surface area contributed by atoms with Crippen LogP contribution < -0.4 is 0 Å². The predicted octanol–water partition coefficient (Wildman–Crippen LogP) is 7.28. The molecule has 1 aliphatic heterocycles. The first-order chi connectivity index (χ1) is 16.1. The van der Waals surface area contributed by atoms with E-state index in [1.165, 1.54) is 5.57 Å². The number of Topliss-reactive ketones (excluding diaryl/α,β-unsaturated/α-hetero) is 2. The van der Waals surface area contributed by atoms with Gasteiger partial charge in [0.05, 0.1) is 12.5 Å². The van der Waals surface area contributed by atoms with Crippen molar-refractivity contribution in [2.75, 3.05) is 7.11 Å². The van der Waals surface area contributed by atoms with Gasteiger partial charge in [-0.2, -0.15) is 0 Å². The molecule has 1 saturated heterocycles. The van der Waals surface area contributed by atoms with Crippen molar-refractivity contribution in [1.29, 1.82) is 0 Å². The highest BCUT2D eigenvalue weighted by Gasteiger charge is 2.56. The van der Waals surface area contributed by atoms with Crippen LogP contribution in [0.4, 0.5) is 0 Å². The fraction of sp³-hybridized carbons (Fsp3) is 0.467. The van der Waals surface area contributed by atoms with E-state index in [0.29, 0.717) is 35.5 Å². The average Bonchev–Trinajstić information content (AvgIpc) is 2.79. The lowest BCUT2D eigenvalue weighted by Crippen LogP contribution is -2.47. The molecule has 1 aromatic carbocycles. The number of benzene rings is 1. The molecular formula is C30H38O4. The van der Waals surface area contributed by atoms with Gasteiger partial charge >= 0.3 is 0 Å². The summed E-state index contributed by atoms with van der Waals surface area (Å²) in [5, 5.41) is 0. The molecule has 0 saturated carbocycles. The Kier molecular flexibility index (Phi) is 7.70. The molecule has 34 heavy (non-hydrogen) atoms. The molecule has 0 amide bonds. The van der Waals surface area contributed by atoms with E-state index in [1.54, 1.807) is 19.2 Å². The van der Waals surface area contributed by atoms with Gasteiger partial charge in [-0.25, -0.2) is 0 Å². The summed E-state index contributed by atoms with van der Waals surface area (Å²) in [6.07, 6.45) is 7.79. The van der Waals surface area contributed by atoms with E-state index < -0.39 is 11.0 Å². The molecule has 1 heterocycles. The minimum Gasteiger partial charge on any atom is -0.500 e. The second kappa shape index (κ2) is 10.2. The highest BCUT2D eigenvalue weighted by molar-refractivity contribution is 6.32. The van der Waals surface area contributed by atoms with Gasteiger partial charge in [-0.05, 0) is 52.5 Å². The summed E-state index contributed by atoms with van der Waals surface area (Å²) in [5.41, 5.74) is 2.23. The second-order valence-corrected chi connectivity index (χ2v) is 10.0. The maximum absolute atomic E-state index is 13.9. The lowest BCUT2D eigenvalue weighted by molar-refractivity contribution is -0.114. The van der Waals surface area contributed by atoms with E-state index in [9.17, 15) is 9.59 Å². The van der Waals surface area contributed by atoms with E-state index in [2.05, 4.69) is 32.9 Å². The number of rotatable bonds is 8. The first-order valence-corrected chi connectivity index (χ1v) is 12.3. The normalized spacial score (nSPS) is 22.9. The zero-order valence-corrected chi connectivity index (χ0v) is 21.7. The Morgan fingerprint density at radius 2 is 1.79 bits per heavy atom.